The number of methoxy groups -OCH3 is 1. The van der Waals surface area contributed by atoms with E-state index in [1.807, 2.05) is 18.2 Å². The third-order valence-electron chi connectivity index (χ3n) is 7.60. The lowest BCUT2D eigenvalue weighted by Crippen LogP contribution is -2.37. The van der Waals surface area contributed by atoms with Crippen molar-refractivity contribution in [3.63, 3.8) is 0 Å². The molecular formula is C30H35FN2O2. The zero-order valence-corrected chi connectivity index (χ0v) is 20.7. The molecule has 0 saturated carbocycles. The van der Waals surface area contributed by atoms with Crippen LogP contribution < -0.4 is 19.7 Å². The third-order valence-corrected chi connectivity index (χ3v) is 7.60. The molecule has 184 valence electrons. The molecule has 2 aliphatic rings. The molecule has 1 fully saturated rings. The number of hydrogen-bond donors (Lipinski definition) is 1. The summed E-state index contributed by atoms with van der Waals surface area (Å²) in [6.07, 6.45) is 5.27. The summed E-state index contributed by atoms with van der Waals surface area (Å²) in [6.45, 7) is 5.00. The van der Waals surface area contributed by atoms with Gasteiger partial charge in [0.05, 0.1) is 19.8 Å². The molecule has 35 heavy (non-hydrogen) atoms. The van der Waals surface area contributed by atoms with Crippen molar-refractivity contribution in [1.29, 1.82) is 0 Å². The number of hydrogen-bond acceptors (Lipinski definition) is 4. The van der Waals surface area contributed by atoms with Crippen LogP contribution in [0.1, 0.15) is 48.9 Å². The lowest BCUT2D eigenvalue weighted by Gasteiger charge is -2.39. The van der Waals surface area contributed by atoms with Crippen LogP contribution in [-0.2, 0) is 12.8 Å². The second-order valence-corrected chi connectivity index (χ2v) is 10.0. The van der Waals surface area contributed by atoms with Crippen molar-refractivity contribution in [2.24, 2.45) is 0 Å². The molecule has 1 N–H and O–H groups in total. The van der Waals surface area contributed by atoms with Crippen LogP contribution in [0.3, 0.4) is 0 Å². The Hall–Kier alpha value is -3.05. The van der Waals surface area contributed by atoms with E-state index in [-0.39, 0.29) is 17.4 Å². The Bertz CT molecular complexity index is 1120. The molecular weight excluding hydrogens is 439 g/mol. The summed E-state index contributed by atoms with van der Waals surface area (Å²) in [5, 5.41) is 3.60. The lowest BCUT2D eigenvalue weighted by atomic mass is 9.88. The standard InChI is InChI=1S/C30H35FN2O2/c1-30(15-3-17-32-30)16-19-35-26-10-4-22(5-11-26)20-29-28-13-12-27(34-2)21-23(28)14-18-33(29)25-8-6-24(31)7-9-25/h4-13,21,29,32H,3,14-20H2,1-2H3. The number of fused-ring (bicyclic) bond motifs is 1. The van der Waals surface area contributed by atoms with E-state index in [4.69, 9.17) is 9.47 Å². The summed E-state index contributed by atoms with van der Waals surface area (Å²) < 4.78 is 25.1. The number of rotatable bonds is 8. The van der Waals surface area contributed by atoms with Gasteiger partial charge in [0.2, 0.25) is 0 Å². The summed E-state index contributed by atoms with van der Waals surface area (Å²) in [5.41, 5.74) is 5.14. The normalized spacial score (nSPS) is 21.6. The maximum absolute atomic E-state index is 13.6. The van der Waals surface area contributed by atoms with E-state index >= 15 is 0 Å². The van der Waals surface area contributed by atoms with Gasteiger partial charge in [0.15, 0.2) is 0 Å². The van der Waals surface area contributed by atoms with Gasteiger partial charge in [-0.25, -0.2) is 4.39 Å². The van der Waals surface area contributed by atoms with E-state index in [0.717, 1.165) is 56.1 Å². The molecule has 0 amide bonds. The van der Waals surface area contributed by atoms with Crippen LogP contribution >= 0.6 is 0 Å². The third kappa shape index (κ3) is 5.46. The minimum Gasteiger partial charge on any atom is -0.497 e. The Balaban J connectivity index is 1.32. The minimum absolute atomic E-state index is 0.162. The Kier molecular flexibility index (Phi) is 6.96. The number of benzene rings is 3. The Labute approximate surface area is 208 Å². The lowest BCUT2D eigenvalue weighted by molar-refractivity contribution is 0.252. The van der Waals surface area contributed by atoms with Gasteiger partial charge in [0.25, 0.3) is 0 Å². The van der Waals surface area contributed by atoms with Gasteiger partial charge in [-0.3, -0.25) is 0 Å². The molecule has 4 nitrogen and oxygen atoms in total. The highest BCUT2D eigenvalue weighted by Gasteiger charge is 2.29. The van der Waals surface area contributed by atoms with Crippen molar-refractivity contribution in [2.75, 3.05) is 31.7 Å². The molecule has 3 aromatic carbocycles. The van der Waals surface area contributed by atoms with Crippen LogP contribution in [0, 0.1) is 5.82 Å². The first-order chi connectivity index (χ1) is 17.0. The van der Waals surface area contributed by atoms with Gasteiger partial charge in [0.1, 0.15) is 17.3 Å². The Morgan fingerprint density at radius 1 is 1.03 bits per heavy atom. The summed E-state index contributed by atoms with van der Waals surface area (Å²) >= 11 is 0. The number of anilines is 1. The molecule has 5 rings (SSSR count). The van der Waals surface area contributed by atoms with E-state index in [1.54, 1.807) is 19.2 Å². The van der Waals surface area contributed by atoms with Gasteiger partial charge < -0.3 is 19.7 Å². The first-order valence-electron chi connectivity index (χ1n) is 12.7. The average molecular weight is 475 g/mol. The second-order valence-electron chi connectivity index (χ2n) is 10.0. The molecule has 5 heteroatoms. The van der Waals surface area contributed by atoms with Gasteiger partial charge >= 0.3 is 0 Å². The van der Waals surface area contributed by atoms with Gasteiger partial charge in [-0.05, 0) is 111 Å². The highest BCUT2D eigenvalue weighted by Crippen LogP contribution is 2.37. The zero-order chi connectivity index (χ0) is 24.3. The molecule has 0 aliphatic carbocycles. The molecule has 0 radical (unpaired) electrons. The Morgan fingerprint density at radius 2 is 1.80 bits per heavy atom. The van der Waals surface area contributed by atoms with Crippen LogP contribution in [-0.4, -0.2) is 32.3 Å². The van der Waals surface area contributed by atoms with E-state index in [9.17, 15) is 4.39 Å². The monoisotopic (exact) mass is 474 g/mol. The van der Waals surface area contributed by atoms with Crippen molar-refractivity contribution >= 4 is 5.69 Å². The number of nitrogens with zero attached hydrogens (tertiary/aromatic N) is 1. The van der Waals surface area contributed by atoms with Crippen molar-refractivity contribution in [1.82, 2.24) is 5.32 Å². The first-order valence-corrected chi connectivity index (χ1v) is 12.7. The smallest absolute Gasteiger partial charge is 0.123 e. The highest BCUT2D eigenvalue weighted by molar-refractivity contribution is 5.54. The van der Waals surface area contributed by atoms with Gasteiger partial charge in [-0.1, -0.05) is 18.2 Å². The van der Waals surface area contributed by atoms with Gasteiger partial charge in [0, 0.05) is 17.8 Å². The minimum atomic E-state index is -0.208. The fraction of sp³-hybridized carbons (Fsp3) is 0.400. The van der Waals surface area contributed by atoms with Crippen molar-refractivity contribution in [3.8, 4) is 11.5 Å². The average Bonchev–Trinajstić information content (AvgIpc) is 3.32. The SMILES string of the molecule is COc1ccc2c(c1)CCN(c1ccc(F)cc1)C2Cc1ccc(OCCC2(C)CCCN2)cc1. The van der Waals surface area contributed by atoms with Crippen LogP contribution in [0.15, 0.2) is 66.7 Å². The number of nitrogens with one attached hydrogen (secondary N) is 1. The van der Waals surface area contributed by atoms with E-state index in [2.05, 4.69) is 53.5 Å². The van der Waals surface area contributed by atoms with Gasteiger partial charge in [-0.15, -0.1) is 0 Å². The van der Waals surface area contributed by atoms with Crippen molar-refractivity contribution in [2.45, 2.75) is 50.6 Å². The highest BCUT2D eigenvalue weighted by atomic mass is 19.1. The molecule has 2 atom stereocenters. The van der Waals surface area contributed by atoms with Crippen molar-refractivity contribution < 1.29 is 13.9 Å². The molecule has 0 bridgehead atoms. The van der Waals surface area contributed by atoms with Crippen LogP contribution in [0.4, 0.5) is 10.1 Å². The first kappa shape index (κ1) is 23.7. The summed E-state index contributed by atoms with van der Waals surface area (Å²) in [7, 11) is 1.71. The van der Waals surface area contributed by atoms with E-state index in [0.29, 0.717) is 0 Å². The predicted molar refractivity (Wildman–Crippen MR) is 139 cm³/mol. The molecule has 2 unspecified atom stereocenters. The maximum Gasteiger partial charge on any atom is 0.123 e. The molecule has 3 aromatic rings. The fourth-order valence-corrected chi connectivity index (χ4v) is 5.49. The van der Waals surface area contributed by atoms with Gasteiger partial charge in [-0.2, -0.15) is 0 Å². The number of ether oxygens (including phenoxy) is 2. The topological polar surface area (TPSA) is 33.7 Å². The molecule has 0 spiro atoms. The Morgan fingerprint density at radius 3 is 2.51 bits per heavy atom. The van der Waals surface area contributed by atoms with Crippen LogP contribution in [0.5, 0.6) is 11.5 Å². The molecule has 0 aromatic heterocycles. The molecule has 1 saturated heterocycles. The predicted octanol–water partition coefficient (Wildman–Crippen LogP) is 6.09. The molecule has 2 heterocycles. The largest absolute Gasteiger partial charge is 0.497 e. The van der Waals surface area contributed by atoms with Crippen LogP contribution in [0.2, 0.25) is 0 Å². The summed E-state index contributed by atoms with van der Waals surface area (Å²) in [6, 6.07) is 21.9. The summed E-state index contributed by atoms with van der Waals surface area (Å²) in [4.78, 5) is 2.40. The van der Waals surface area contributed by atoms with E-state index < -0.39 is 0 Å². The molecule has 2 aliphatic heterocycles. The van der Waals surface area contributed by atoms with Crippen molar-refractivity contribution in [3.05, 3.63) is 89.2 Å². The zero-order valence-electron chi connectivity index (χ0n) is 20.7. The van der Waals surface area contributed by atoms with E-state index in [1.165, 1.54) is 29.5 Å². The fourth-order valence-electron chi connectivity index (χ4n) is 5.49. The van der Waals surface area contributed by atoms with Crippen LogP contribution in [0.25, 0.3) is 0 Å². The quantitative estimate of drug-likeness (QED) is 0.428. The number of halogens is 1. The maximum atomic E-state index is 13.6. The summed E-state index contributed by atoms with van der Waals surface area (Å²) in [5.74, 6) is 1.60. The second kappa shape index (κ2) is 10.3.